The van der Waals surface area contributed by atoms with E-state index < -0.39 is 0 Å². The highest BCUT2D eigenvalue weighted by Gasteiger charge is 2.32. The van der Waals surface area contributed by atoms with Crippen LogP contribution in [-0.4, -0.2) is 87.0 Å². The molecule has 6 heteroatoms. The number of unbranched alkanes of at least 4 members (excludes halogenated alkanes) is 1. The number of likely N-dealkylation sites (tertiary alicyclic amines) is 1. The number of nitrogens with one attached hydrogen (secondary N) is 1. The van der Waals surface area contributed by atoms with Gasteiger partial charge in [-0.25, -0.2) is 0 Å². The van der Waals surface area contributed by atoms with Gasteiger partial charge in [0.15, 0.2) is 5.96 Å². The van der Waals surface area contributed by atoms with Gasteiger partial charge in [0.2, 0.25) is 0 Å². The average molecular weight is 381 g/mol. The first-order valence-corrected chi connectivity index (χ1v) is 11.2. The molecule has 0 aliphatic carbocycles. The Labute approximate surface area is 165 Å². The van der Waals surface area contributed by atoms with Gasteiger partial charge in [-0.05, 0) is 71.0 Å². The van der Waals surface area contributed by atoms with Crippen molar-refractivity contribution in [3.8, 4) is 0 Å². The van der Waals surface area contributed by atoms with Gasteiger partial charge >= 0.3 is 0 Å². The summed E-state index contributed by atoms with van der Waals surface area (Å²) in [6.45, 7) is 13.6. The van der Waals surface area contributed by atoms with Gasteiger partial charge in [0.05, 0.1) is 12.7 Å². The summed E-state index contributed by atoms with van der Waals surface area (Å²) in [6, 6.07) is 0. The highest BCUT2D eigenvalue weighted by atomic mass is 16.5. The number of piperidine rings is 1. The summed E-state index contributed by atoms with van der Waals surface area (Å²) in [4.78, 5) is 9.90. The predicted octanol–water partition coefficient (Wildman–Crippen LogP) is 2.34. The summed E-state index contributed by atoms with van der Waals surface area (Å²) in [5, 5.41) is 3.48. The van der Waals surface area contributed by atoms with E-state index in [0.29, 0.717) is 0 Å². The number of nitrogens with zero attached hydrogens (tertiary/aromatic N) is 3. The molecule has 3 saturated heterocycles. The number of morpholine rings is 1. The number of hydrogen-bond acceptors (Lipinski definition) is 4. The van der Waals surface area contributed by atoms with Crippen LogP contribution in [0.3, 0.4) is 0 Å². The van der Waals surface area contributed by atoms with E-state index in [1.807, 2.05) is 0 Å². The molecule has 0 aromatic carbocycles. The van der Waals surface area contributed by atoms with Crippen LogP contribution in [0.5, 0.6) is 0 Å². The van der Waals surface area contributed by atoms with E-state index in [1.165, 1.54) is 45.3 Å². The number of guanidine groups is 1. The summed E-state index contributed by atoms with van der Waals surface area (Å²) >= 11 is 0. The molecule has 6 nitrogen and oxygen atoms in total. The zero-order valence-corrected chi connectivity index (χ0v) is 17.5. The number of hydrogen-bond donors (Lipinski definition) is 1. The lowest BCUT2D eigenvalue weighted by Gasteiger charge is -2.37. The van der Waals surface area contributed by atoms with Gasteiger partial charge in [-0.15, -0.1) is 0 Å². The fourth-order valence-electron chi connectivity index (χ4n) is 4.33. The zero-order chi connectivity index (χ0) is 18.9. The second-order valence-electron chi connectivity index (χ2n) is 8.37. The topological polar surface area (TPSA) is 49.3 Å². The Hall–Kier alpha value is -0.850. The monoisotopic (exact) mass is 380 g/mol. The molecule has 3 aliphatic rings. The lowest BCUT2D eigenvalue weighted by Crippen LogP contribution is -2.53. The second kappa shape index (κ2) is 11.2. The molecule has 0 aromatic rings. The molecule has 0 bridgehead atoms. The lowest BCUT2D eigenvalue weighted by molar-refractivity contribution is -0.0817. The van der Waals surface area contributed by atoms with Crippen LogP contribution < -0.4 is 5.32 Å². The molecule has 156 valence electrons. The Morgan fingerprint density at radius 2 is 1.85 bits per heavy atom. The van der Waals surface area contributed by atoms with Crippen molar-refractivity contribution in [2.45, 2.75) is 64.6 Å². The Morgan fingerprint density at radius 1 is 1.04 bits per heavy atom. The molecular formula is C21H40N4O2. The highest BCUT2D eigenvalue weighted by Crippen LogP contribution is 2.21. The minimum absolute atomic E-state index is 0.187. The van der Waals surface area contributed by atoms with Crippen molar-refractivity contribution in [1.82, 2.24) is 15.1 Å². The molecule has 0 aromatic heterocycles. The van der Waals surface area contributed by atoms with Gasteiger partial charge in [-0.3, -0.25) is 4.99 Å². The van der Waals surface area contributed by atoms with Gasteiger partial charge < -0.3 is 24.6 Å². The van der Waals surface area contributed by atoms with Gasteiger partial charge in [-0.1, -0.05) is 6.92 Å². The third-order valence-corrected chi connectivity index (χ3v) is 6.13. The molecule has 3 heterocycles. The van der Waals surface area contributed by atoms with Crippen LogP contribution in [0.4, 0.5) is 0 Å². The number of rotatable bonds is 7. The fraction of sp³-hybridized carbons (Fsp3) is 0.952. The molecular weight excluding hydrogens is 340 g/mol. The van der Waals surface area contributed by atoms with Crippen LogP contribution in [0.2, 0.25) is 0 Å². The molecule has 3 aliphatic heterocycles. The van der Waals surface area contributed by atoms with Gasteiger partial charge in [0, 0.05) is 32.8 Å². The molecule has 2 unspecified atom stereocenters. The minimum atomic E-state index is 0.187. The molecule has 1 N–H and O–H groups in total. The molecule has 0 saturated carbocycles. The largest absolute Gasteiger partial charge is 0.375 e. The number of aliphatic imine (C=N–C) groups is 1. The summed E-state index contributed by atoms with van der Waals surface area (Å²) < 4.78 is 11.8. The molecule has 0 radical (unpaired) electrons. The number of ether oxygens (including phenoxy) is 2. The summed E-state index contributed by atoms with van der Waals surface area (Å²) in [6.07, 6.45) is 7.89. The van der Waals surface area contributed by atoms with Crippen molar-refractivity contribution in [2.24, 2.45) is 10.9 Å². The van der Waals surface area contributed by atoms with Crippen molar-refractivity contribution < 1.29 is 9.47 Å². The van der Waals surface area contributed by atoms with Crippen LogP contribution in [0.1, 0.15) is 52.4 Å². The van der Waals surface area contributed by atoms with E-state index in [4.69, 9.17) is 14.5 Å². The van der Waals surface area contributed by atoms with Crippen LogP contribution in [0.15, 0.2) is 4.99 Å². The molecule has 2 atom stereocenters. The lowest BCUT2D eigenvalue weighted by atomic mass is 9.99. The van der Waals surface area contributed by atoms with E-state index >= 15 is 0 Å². The minimum Gasteiger partial charge on any atom is -0.375 e. The molecule has 3 rings (SSSR count). The van der Waals surface area contributed by atoms with E-state index in [9.17, 15) is 0 Å². The fourth-order valence-corrected chi connectivity index (χ4v) is 4.33. The quantitative estimate of drug-likeness (QED) is 0.417. The first-order chi connectivity index (χ1) is 13.3. The SMILES string of the molecule is CCNC(=NCCCCN1CCC(C)CC1)N1CCOC(C2CCCO2)C1. The van der Waals surface area contributed by atoms with Gasteiger partial charge in [0.25, 0.3) is 0 Å². The Balaban J connectivity index is 1.40. The van der Waals surface area contributed by atoms with Crippen molar-refractivity contribution >= 4 is 5.96 Å². The standard InChI is InChI=1S/C21H40N4O2/c1-3-22-21(23-10-4-5-11-24-12-8-18(2)9-13-24)25-14-16-27-20(17-25)19-7-6-15-26-19/h18-20H,3-17H2,1-2H3,(H,22,23). The van der Waals surface area contributed by atoms with Crippen molar-refractivity contribution in [2.75, 3.05) is 59.0 Å². The maximum Gasteiger partial charge on any atom is 0.194 e. The highest BCUT2D eigenvalue weighted by molar-refractivity contribution is 5.80. The van der Waals surface area contributed by atoms with Crippen LogP contribution in [0, 0.1) is 5.92 Å². The maximum atomic E-state index is 5.98. The van der Waals surface area contributed by atoms with Crippen molar-refractivity contribution in [3.05, 3.63) is 0 Å². The Morgan fingerprint density at radius 3 is 2.59 bits per heavy atom. The van der Waals surface area contributed by atoms with E-state index in [-0.39, 0.29) is 12.2 Å². The molecule has 0 amide bonds. The molecule has 27 heavy (non-hydrogen) atoms. The summed E-state index contributed by atoms with van der Waals surface area (Å²) in [5.74, 6) is 1.97. The molecule has 0 spiro atoms. The molecule has 3 fully saturated rings. The van der Waals surface area contributed by atoms with E-state index in [0.717, 1.165) is 64.1 Å². The zero-order valence-electron chi connectivity index (χ0n) is 17.5. The third kappa shape index (κ3) is 6.61. The average Bonchev–Trinajstić information content (AvgIpc) is 3.23. The first-order valence-electron chi connectivity index (χ1n) is 11.2. The smallest absolute Gasteiger partial charge is 0.194 e. The predicted molar refractivity (Wildman–Crippen MR) is 110 cm³/mol. The van der Waals surface area contributed by atoms with Crippen LogP contribution in [0.25, 0.3) is 0 Å². The Bertz CT molecular complexity index is 445. The van der Waals surface area contributed by atoms with E-state index in [1.54, 1.807) is 0 Å². The van der Waals surface area contributed by atoms with Crippen molar-refractivity contribution in [1.29, 1.82) is 0 Å². The van der Waals surface area contributed by atoms with Crippen LogP contribution >= 0.6 is 0 Å². The van der Waals surface area contributed by atoms with Gasteiger partial charge in [-0.2, -0.15) is 0 Å². The normalized spacial score (nSPS) is 28.7. The van der Waals surface area contributed by atoms with Crippen molar-refractivity contribution in [3.63, 3.8) is 0 Å². The summed E-state index contributed by atoms with van der Waals surface area (Å²) in [7, 11) is 0. The van der Waals surface area contributed by atoms with Crippen LogP contribution in [-0.2, 0) is 9.47 Å². The Kier molecular flexibility index (Phi) is 8.68. The summed E-state index contributed by atoms with van der Waals surface area (Å²) in [5.41, 5.74) is 0. The first kappa shape index (κ1) is 20.9. The second-order valence-corrected chi connectivity index (χ2v) is 8.37. The third-order valence-electron chi connectivity index (χ3n) is 6.13. The maximum absolute atomic E-state index is 5.98. The van der Waals surface area contributed by atoms with Gasteiger partial charge in [0.1, 0.15) is 6.10 Å². The van der Waals surface area contributed by atoms with E-state index in [2.05, 4.69) is 29.0 Å².